The summed E-state index contributed by atoms with van der Waals surface area (Å²) in [6, 6.07) is 10.3. The largest absolute Gasteiger partial charge is 0.396 e. The summed E-state index contributed by atoms with van der Waals surface area (Å²) < 4.78 is 0. The van der Waals surface area contributed by atoms with Crippen molar-refractivity contribution in [2.24, 2.45) is 0 Å². The number of carbonyl (C=O) groups is 1. The fraction of sp³-hybridized carbons (Fsp3) is 0.333. The highest BCUT2D eigenvalue weighted by Gasteiger charge is 2.18. The fourth-order valence-corrected chi connectivity index (χ4v) is 2.04. The van der Waals surface area contributed by atoms with Crippen LogP contribution in [0.3, 0.4) is 0 Å². The van der Waals surface area contributed by atoms with Crippen LogP contribution in [0.15, 0.2) is 41.9 Å². The summed E-state index contributed by atoms with van der Waals surface area (Å²) in [6.45, 7) is 4.55. The molecule has 0 saturated carbocycles. The normalized spacial score (nSPS) is 10.5. The van der Waals surface area contributed by atoms with Gasteiger partial charge in [-0.25, -0.2) is 4.98 Å². The van der Waals surface area contributed by atoms with Crippen molar-refractivity contribution in [1.29, 1.82) is 0 Å². The molecule has 0 fully saturated rings. The van der Waals surface area contributed by atoms with Gasteiger partial charge in [0.25, 0.3) is 0 Å². The number of hydrogen-bond donors (Lipinski definition) is 1. The number of benzene rings is 1. The third-order valence-corrected chi connectivity index (χ3v) is 3.55. The number of nitrogens with zero attached hydrogens (tertiary/aromatic N) is 1. The zero-order chi connectivity index (χ0) is 14.1. The van der Waals surface area contributed by atoms with Crippen molar-refractivity contribution in [2.45, 2.75) is 25.7 Å². The van der Waals surface area contributed by atoms with Crippen LogP contribution in [0.5, 0.6) is 0 Å². The van der Waals surface area contributed by atoms with Crippen LogP contribution in [-0.4, -0.2) is 23.0 Å². The van der Waals surface area contributed by atoms with Crippen LogP contribution in [0.4, 0.5) is 0 Å². The first-order chi connectivity index (χ1) is 9.10. The standard InChI is InChI=1S/C11H16O.C4H3NOS/c1-11(2,8-9-12)10-6-4-3-5-7-10;6-3-4-5-1-2-7-4/h3-7,12H,8-9H2,1-2H3;1-3H. The molecule has 3 nitrogen and oxygen atoms in total. The van der Waals surface area contributed by atoms with E-state index in [1.807, 2.05) is 18.2 Å². The predicted octanol–water partition coefficient (Wildman–Crippen LogP) is 3.30. The van der Waals surface area contributed by atoms with Gasteiger partial charge in [0.2, 0.25) is 0 Å². The van der Waals surface area contributed by atoms with Crippen LogP contribution in [0.2, 0.25) is 0 Å². The van der Waals surface area contributed by atoms with Gasteiger partial charge in [0.1, 0.15) is 0 Å². The van der Waals surface area contributed by atoms with E-state index in [4.69, 9.17) is 5.11 Å². The van der Waals surface area contributed by atoms with Crippen molar-refractivity contribution < 1.29 is 9.90 Å². The first-order valence-corrected chi connectivity index (χ1v) is 6.99. The van der Waals surface area contributed by atoms with Crippen LogP contribution in [-0.2, 0) is 5.41 Å². The molecule has 0 aliphatic carbocycles. The lowest BCUT2D eigenvalue weighted by Gasteiger charge is -2.23. The number of carbonyl (C=O) groups excluding carboxylic acids is 1. The maximum absolute atomic E-state index is 9.82. The maximum Gasteiger partial charge on any atom is 0.178 e. The third kappa shape index (κ3) is 5.32. The molecule has 0 saturated heterocycles. The molecule has 2 aromatic rings. The second-order valence-electron chi connectivity index (χ2n) is 4.71. The summed E-state index contributed by atoms with van der Waals surface area (Å²) in [5.74, 6) is 0. The minimum absolute atomic E-state index is 0.0933. The quantitative estimate of drug-likeness (QED) is 0.872. The van der Waals surface area contributed by atoms with Gasteiger partial charge in [0.05, 0.1) is 0 Å². The zero-order valence-corrected chi connectivity index (χ0v) is 12.1. The lowest BCUT2D eigenvalue weighted by molar-refractivity contribution is 0.112. The smallest absolute Gasteiger partial charge is 0.178 e. The first kappa shape index (κ1) is 15.5. The Kier molecular flexibility index (Phi) is 6.39. The van der Waals surface area contributed by atoms with Crippen molar-refractivity contribution >= 4 is 17.6 Å². The molecule has 0 bridgehead atoms. The van der Waals surface area contributed by atoms with Gasteiger partial charge in [-0.05, 0) is 17.4 Å². The lowest BCUT2D eigenvalue weighted by atomic mass is 9.82. The first-order valence-electron chi connectivity index (χ1n) is 6.11. The zero-order valence-electron chi connectivity index (χ0n) is 11.2. The number of rotatable bonds is 4. The Morgan fingerprint density at radius 2 is 2.00 bits per heavy atom. The van der Waals surface area contributed by atoms with Gasteiger partial charge in [-0.3, -0.25) is 4.79 Å². The number of aliphatic hydroxyl groups is 1. The molecule has 0 aliphatic rings. The summed E-state index contributed by atoms with van der Waals surface area (Å²) in [5, 5.41) is 11.2. The highest BCUT2D eigenvalue weighted by molar-refractivity contribution is 7.11. The Balaban J connectivity index is 0.000000218. The average molecular weight is 277 g/mol. The molecule has 1 heterocycles. The SMILES string of the molecule is CC(C)(CCO)c1ccccc1.O=Cc1nccs1. The van der Waals surface area contributed by atoms with Gasteiger partial charge >= 0.3 is 0 Å². The molecule has 4 heteroatoms. The minimum atomic E-state index is 0.0933. The van der Waals surface area contributed by atoms with Crippen LogP contribution in [0.1, 0.15) is 35.6 Å². The Hall–Kier alpha value is -1.52. The van der Waals surface area contributed by atoms with Crippen LogP contribution < -0.4 is 0 Å². The second kappa shape index (κ2) is 7.81. The number of aliphatic hydroxyl groups excluding tert-OH is 1. The van der Waals surface area contributed by atoms with Crippen LogP contribution >= 0.6 is 11.3 Å². The van der Waals surface area contributed by atoms with Gasteiger partial charge < -0.3 is 5.11 Å². The van der Waals surface area contributed by atoms with E-state index >= 15 is 0 Å². The molecule has 0 spiro atoms. The number of hydrogen-bond acceptors (Lipinski definition) is 4. The van der Waals surface area contributed by atoms with Gasteiger partial charge in [0, 0.05) is 18.2 Å². The molecule has 0 radical (unpaired) electrons. The summed E-state index contributed by atoms with van der Waals surface area (Å²) in [4.78, 5) is 13.5. The van der Waals surface area contributed by atoms with E-state index in [2.05, 4.69) is 31.0 Å². The molecular formula is C15H19NO2S. The molecule has 0 unspecified atom stereocenters. The van der Waals surface area contributed by atoms with Crippen molar-refractivity contribution in [1.82, 2.24) is 4.98 Å². The maximum atomic E-state index is 9.82. The molecule has 1 N–H and O–H groups in total. The lowest BCUT2D eigenvalue weighted by Crippen LogP contribution is -2.18. The summed E-state index contributed by atoms with van der Waals surface area (Å²) >= 11 is 1.34. The van der Waals surface area contributed by atoms with Gasteiger partial charge in [-0.15, -0.1) is 11.3 Å². The third-order valence-electron chi connectivity index (χ3n) is 2.84. The number of aldehydes is 1. The Bertz CT molecular complexity index is 466. The molecule has 102 valence electrons. The van der Waals surface area contributed by atoms with Gasteiger partial charge in [-0.1, -0.05) is 44.2 Å². The second-order valence-corrected chi connectivity index (χ2v) is 5.64. The predicted molar refractivity (Wildman–Crippen MR) is 78.7 cm³/mol. The Morgan fingerprint density at radius 3 is 2.42 bits per heavy atom. The van der Waals surface area contributed by atoms with Crippen molar-refractivity contribution in [3.63, 3.8) is 0 Å². The summed E-state index contributed by atoms with van der Waals surface area (Å²) in [6.07, 6.45) is 3.16. The minimum Gasteiger partial charge on any atom is -0.396 e. The summed E-state index contributed by atoms with van der Waals surface area (Å²) in [5.41, 5.74) is 1.38. The van der Waals surface area contributed by atoms with E-state index in [9.17, 15) is 4.79 Å². The molecule has 2 rings (SSSR count). The van der Waals surface area contributed by atoms with E-state index in [-0.39, 0.29) is 12.0 Å². The van der Waals surface area contributed by atoms with Crippen LogP contribution in [0.25, 0.3) is 0 Å². The molecule has 0 amide bonds. The monoisotopic (exact) mass is 277 g/mol. The van der Waals surface area contributed by atoms with Gasteiger partial charge in [-0.2, -0.15) is 0 Å². The van der Waals surface area contributed by atoms with E-state index in [0.29, 0.717) is 5.01 Å². The molecular weight excluding hydrogens is 258 g/mol. The molecule has 0 aliphatic heterocycles. The van der Waals surface area contributed by atoms with E-state index in [0.717, 1.165) is 12.7 Å². The van der Waals surface area contributed by atoms with Crippen molar-refractivity contribution in [3.8, 4) is 0 Å². The highest BCUT2D eigenvalue weighted by atomic mass is 32.1. The Morgan fingerprint density at radius 1 is 1.32 bits per heavy atom. The highest BCUT2D eigenvalue weighted by Crippen LogP contribution is 2.25. The van der Waals surface area contributed by atoms with E-state index in [1.54, 1.807) is 11.6 Å². The van der Waals surface area contributed by atoms with E-state index in [1.165, 1.54) is 16.9 Å². The van der Waals surface area contributed by atoms with Gasteiger partial charge in [0.15, 0.2) is 11.3 Å². The molecule has 0 atom stereocenters. The molecule has 1 aromatic carbocycles. The number of aromatic nitrogens is 1. The van der Waals surface area contributed by atoms with Crippen LogP contribution in [0, 0.1) is 0 Å². The topological polar surface area (TPSA) is 50.2 Å². The summed E-state index contributed by atoms with van der Waals surface area (Å²) in [7, 11) is 0. The Labute approximate surface area is 117 Å². The molecule has 19 heavy (non-hydrogen) atoms. The fourth-order valence-electron chi connectivity index (χ4n) is 1.61. The molecule has 1 aromatic heterocycles. The average Bonchev–Trinajstić information content (AvgIpc) is 2.94. The number of thiazole rings is 1. The van der Waals surface area contributed by atoms with Crippen molar-refractivity contribution in [2.75, 3.05) is 6.61 Å². The van der Waals surface area contributed by atoms with Crippen molar-refractivity contribution in [3.05, 3.63) is 52.5 Å². The van der Waals surface area contributed by atoms with E-state index < -0.39 is 0 Å².